The van der Waals surface area contributed by atoms with E-state index in [0.717, 1.165) is 42.5 Å². The summed E-state index contributed by atoms with van der Waals surface area (Å²) in [4.78, 5) is 18.2. The van der Waals surface area contributed by atoms with E-state index < -0.39 is 0 Å². The smallest absolute Gasteiger partial charge is 0.254 e. The van der Waals surface area contributed by atoms with Gasteiger partial charge in [-0.2, -0.15) is 0 Å². The first kappa shape index (κ1) is 12.9. The number of H-pyrrole nitrogens is 1. The second kappa shape index (κ2) is 4.88. The molecule has 0 spiro atoms. The lowest BCUT2D eigenvalue weighted by molar-refractivity contribution is 0.0712. The fraction of sp³-hybridized carbons (Fsp3) is 0.471. The molecule has 2 aliphatic heterocycles. The van der Waals surface area contributed by atoms with E-state index in [-0.39, 0.29) is 5.91 Å². The molecule has 2 fully saturated rings. The number of carbonyl (C=O) groups excluding carboxylic acids is 1. The van der Waals surface area contributed by atoms with Crippen molar-refractivity contribution in [2.24, 2.45) is 11.8 Å². The SMILES string of the molecule is CCC1C2CNCC2CN1C(=O)c1ccc2cc[nH]c2c1. The van der Waals surface area contributed by atoms with Crippen molar-refractivity contribution in [1.82, 2.24) is 15.2 Å². The molecule has 0 radical (unpaired) electrons. The number of likely N-dealkylation sites (tertiary alicyclic amines) is 1. The van der Waals surface area contributed by atoms with Crippen molar-refractivity contribution in [1.29, 1.82) is 0 Å². The Morgan fingerprint density at radius 2 is 2.24 bits per heavy atom. The highest BCUT2D eigenvalue weighted by atomic mass is 16.2. The molecule has 4 rings (SSSR count). The lowest BCUT2D eigenvalue weighted by Gasteiger charge is -2.27. The van der Waals surface area contributed by atoms with Gasteiger partial charge in [-0.25, -0.2) is 0 Å². The van der Waals surface area contributed by atoms with Crippen LogP contribution in [0.15, 0.2) is 30.5 Å². The van der Waals surface area contributed by atoms with Crippen LogP contribution in [-0.2, 0) is 0 Å². The summed E-state index contributed by atoms with van der Waals surface area (Å²) in [6, 6.07) is 8.38. The van der Waals surface area contributed by atoms with Crippen LogP contribution in [0.2, 0.25) is 0 Å². The molecule has 3 heterocycles. The van der Waals surface area contributed by atoms with Crippen molar-refractivity contribution in [2.45, 2.75) is 19.4 Å². The molecular formula is C17H21N3O. The van der Waals surface area contributed by atoms with Gasteiger partial charge in [0.15, 0.2) is 0 Å². The number of rotatable bonds is 2. The number of nitrogens with zero attached hydrogens (tertiary/aromatic N) is 1. The summed E-state index contributed by atoms with van der Waals surface area (Å²) < 4.78 is 0. The number of hydrogen-bond donors (Lipinski definition) is 2. The van der Waals surface area contributed by atoms with Crippen LogP contribution in [0.1, 0.15) is 23.7 Å². The molecule has 2 N–H and O–H groups in total. The number of hydrogen-bond acceptors (Lipinski definition) is 2. The minimum Gasteiger partial charge on any atom is -0.361 e. The van der Waals surface area contributed by atoms with Crippen LogP contribution in [0, 0.1) is 11.8 Å². The molecule has 110 valence electrons. The van der Waals surface area contributed by atoms with E-state index in [4.69, 9.17) is 0 Å². The van der Waals surface area contributed by atoms with Gasteiger partial charge in [0.05, 0.1) is 0 Å². The maximum atomic E-state index is 12.9. The maximum Gasteiger partial charge on any atom is 0.254 e. The number of aromatic amines is 1. The molecule has 2 aliphatic rings. The molecule has 4 heteroatoms. The topological polar surface area (TPSA) is 48.1 Å². The first-order chi connectivity index (χ1) is 10.3. The van der Waals surface area contributed by atoms with Crippen molar-refractivity contribution in [3.05, 3.63) is 36.0 Å². The lowest BCUT2D eigenvalue weighted by Crippen LogP contribution is -2.39. The first-order valence-corrected chi connectivity index (χ1v) is 7.86. The van der Waals surface area contributed by atoms with E-state index in [9.17, 15) is 4.79 Å². The fourth-order valence-corrected chi connectivity index (χ4v) is 4.13. The van der Waals surface area contributed by atoms with Crippen molar-refractivity contribution >= 4 is 16.8 Å². The molecule has 1 aromatic heterocycles. The molecule has 3 atom stereocenters. The fourth-order valence-electron chi connectivity index (χ4n) is 4.13. The minimum atomic E-state index is 0.188. The van der Waals surface area contributed by atoms with Crippen LogP contribution in [0.25, 0.3) is 10.9 Å². The Balaban J connectivity index is 1.64. The Hall–Kier alpha value is -1.81. The summed E-state index contributed by atoms with van der Waals surface area (Å²) in [6.07, 6.45) is 2.96. The zero-order chi connectivity index (χ0) is 14.4. The Labute approximate surface area is 124 Å². The second-order valence-electron chi connectivity index (χ2n) is 6.29. The van der Waals surface area contributed by atoms with Crippen LogP contribution in [-0.4, -0.2) is 41.5 Å². The summed E-state index contributed by atoms with van der Waals surface area (Å²) in [5.41, 5.74) is 1.84. The molecule has 2 saturated heterocycles. The predicted octanol–water partition coefficient (Wildman–Crippen LogP) is 2.24. The average Bonchev–Trinajstić information content (AvgIpc) is 3.20. The lowest BCUT2D eigenvalue weighted by atomic mass is 9.93. The standard InChI is InChI=1S/C17H21N3O/c1-2-16-14-9-18-8-13(14)10-20(16)17(21)12-4-3-11-5-6-19-15(11)7-12/h3-7,13-14,16,18-19H,2,8-10H2,1H3. The summed E-state index contributed by atoms with van der Waals surface area (Å²) >= 11 is 0. The van der Waals surface area contributed by atoms with Crippen molar-refractivity contribution in [3.63, 3.8) is 0 Å². The minimum absolute atomic E-state index is 0.188. The second-order valence-corrected chi connectivity index (χ2v) is 6.29. The molecular weight excluding hydrogens is 262 g/mol. The highest BCUT2D eigenvalue weighted by molar-refractivity contribution is 5.98. The highest BCUT2D eigenvalue weighted by Crippen LogP contribution is 2.35. The van der Waals surface area contributed by atoms with E-state index in [1.807, 2.05) is 30.5 Å². The molecule has 21 heavy (non-hydrogen) atoms. The number of carbonyl (C=O) groups is 1. The van der Waals surface area contributed by atoms with E-state index in [2.05, 4.69) is 22.1 Å². The van der Waals surface area contributed by atoms with Crippen LogP contribution >= 0.6 is 0 Å². The van der Waals surface area contributed by atoms with Crippen LogP contribution in [0.5, 0.6) is 0 Å². The molecule has 0 bridgehead atoms. The molecule has 2 aromatic rings. The molecule has 3 unspecified atom stereocenters. The van der Waals surface area contributed by atoms with E-state index >= 15 is 0 Å². The number of fused-ring (bicyclic) bond motifs is 2. The summed E-state index contributed by atoms with van der Waals surface area (Å²) in [7, 11) is 0. The van der Waals surface area contributed by atoms with Gasteiger partial charge >= 0.3 is 0 Å². The van der Waals surface area contributed by atoms with Gasteiger partial charge in [0, 0.05) is 43.0 Å². The summed E-state index contributed by atoms with van der Waals surface area (Å²) in [5, 5.41) is 4.62. The predicted molar refractivity (Wildman–Crippen MR) is 83.3 cm³/mol. The van der Waals surface area contributed by atoms with E-state index in [1.165, 1.54) is 0 Å². The third-order valence-corrected chi connectivity index (χ3v) is 5.20. The highest BCUT2D eigenvalue weighted by Gasteiger charge is 2.45. The largest absolute Gasteiger partial charge is 0.361 e. The Morgan fingerprint density at radius 3 is 3.10 bits per heavy atom. The molecule has 1 amide bonds. The third-order valence-electron chi connectivity index (χ3n) is 5.20. The maximum absolute atomic E-state index is 12.9. The Morgan fingerprint density at radius 1 is 1.33 bits per heavy atom. The van der Waals surface area contributed by atoms with Gasteiger partial charge in [0.2, 0.25) is 0 Å². The average molecular weight is 283 g/mol. The first-order valence-electron chi connectivity index (χ1n) is 7.86. The number of benzene rings is 1. The van der Waals surface area contributed by atoms with Gasteiger partial charge in [-0.3, -0.25) is 4.79 Å². The number of aromatic nitrogens is 1. The number of nitrogens with one attached hydrogen (secondary N) is 2. The van der Waals surface area contributed by atoms with Crippen LogP contribution < -0.4 is 5.32 Å². The van der Waals surface area contributed by atoms with E-state index in [1.54, 1.807) is 0 Å². The monoisotopic (exact) mass is 283 g/mol. The molecule has 0 aliphatic carbocycles. The van der Waals surface area contributed by atoms with Crippen molar-refractivity contribution in [3.8, 4) is 0 Å². The zero-order valence-electron chi connectivity index (χ0n) is 12.3. The summed E-state index contributed by atoms with van der Waals surface area (Å²) in [5.74, 6) is 1.45. The quantitative estimate of drug-likeness (QED) is 0.888. The van der Waals surface area contributed by atoms with Gasteiger partial charge in [-0.1, -0.05) is 13.0 Å². The normalized spacial score (nSPS) is 28.2. The van der Waals surface area contributed by atoms with Gasteiger partial charge in [0.1, 0.15) is 0 Å². The van der Waals surface area contributed by atoms with Crippen molar-refractivity contribution in [2.75, 3.05) is 19.6 Å². The Bertz CT molecular complexity index is 677. The summed E-state index contributed by atoms with van der Waals surface area (Å²) in [6.45, 7) is 5.21. The molecule has 0 saturated carbocycles. The Kier molecular flexibility index (Phi) is 3.00. The van der Waals surface area contributed by atoms with E-state index in [0.29, 0.717) is 17.9 Å². The number of amides is 1. The van der Waals surface area contributed by atoms with Gasteiger partial charge < -0.3 is 15.2 Å². The third kappa shape index (κ3) is 1.97. The van der Waals surface area contributed by atoms with Gasteiger partial charge in [-0.15, -0.1) is 0 Å². The van der Waals surface area contributed by atoms with Gasteiger partial charge in [-0.05, 0) is 41.8 Å². The molecule has 1 aromatic carbocycles. The van der Waals surface area contributed by atoms with Gasteiger partial charge in [0.25, 0.3) is 5.91 Å². The van der Waals surface area contributed by atoms with Crippen LogP contribution in [0.3, 0.4) is 0 Å². The van der Waals surface area contributed by atoms with Crippen molar-refractivity contribution < 1.29 is 4.79 Å². The zero-order valence-corrected chi connectivity index (χ0v) is 12.3. The molecule has 4 nitrogen and oxygen atoms in total. The van der Waals surface area contributed by atoms with Crippen LogP contribution in [0.4, 0.5) is 0 Å².